The van der Waals surface area contributed by atoms with Gasteiger partial charge in [0.25, 0.3) is 0 Å². The van der Waals surface area contributed by atoms with Gasteiger partial charge in [0, 0.05) is 11.1 Å². The van der Waals surface area contributed by atoms with Crippen molar-refractivity contribution in [2.75, 3.05) is 0 Å². The minimum absolute atomic E-state index is 1.05. The van der Waals surface area contributed by atoms with Crippen LogP contribution in [0.3, 0.4) is 0 Å². The lowest BCUT2D eigenvalue weighted by Crippen LogP contribution is -1.89. The number of hydrogen-bond acceptors (Lipinski definition) is 1. The quantitative estimate of drug-likeness (QED) is 0.735. The molecule has 0 spiro atoms. The number of aromatic nitrogens is 1. The van der Waals surface area contributed by atoms with Gasteiger partial charge in [-0.2, -0.15) is 0 Å². The maximum atomic E-state index is 4.54. The first-order valence-corrected chi connectivity index (χ1v) is 5.77. The first-order valence-electron chi connectivity index (χ1n) is 5.77. The molecular formula is C15H17N. The van der Waals surface area contributed by atoms with Gasteiger partial charge in [-0.15, -0.1) is 0 Å². The number of hydrogen-bond donors (Lipinski definition) is 0. The van der Waals surface area contributed by atoms with Crippen molar-refractivity contribution >= 4 is 16.5 Å². The Hall–Kier alpha value is -1.63. The number of pyridine rings is 1. The molecule has 2 rings (SSSR count). The SMILES string of the molecule is C=C(CCC)c1cccc2nc(C)ccc12. The van der Waals surface area contributed by atoms with Gasteiger partial charge in [-0.1, -0.05) is 38.1 Å². The van der Waals surface area contributed by atoms with Gasteiger partial charge in [-0.25, -0.2) is 0 Å². The van der Waals surface area contributed by atoms with Crippen molar-refractivity contribution in [3.8, 4) is 0 Å². The van der Waals surface area contributed by atoms with E-state index in [-0.39, 0.29) is 0 Å². The van der Waals surface area contributed by atoms with E-state index < -0.39 is 0 Å². The van der Waals surface area contributed by atoms with Gasteiger partial charge in [0.1, 0.15) is 0 Å². The smallest absolute Gasteiger partial charge is 0.0711 e. The Balaban J connectivity index is 2.58. The lowest BCUT2D eigenvalue weighted by atomic mass is 9.98. The Morgan fingerprint density at radius 3 is 2.81 bits per heavy atom. The number of fused-ring (bicyclic) bond motifs is 1. The van der Waals surface area contributed by atoms with Crippen molar-refractivity contribution in [2.45, 2.75) is 26.7 Å². The van der Waals surface area contributed by atoms with E-state index in [4.69, 9.17) is 0 Å². The van der Waals surface area contributed by atoms with Crippen LogP contribution in [-0.2, 0) is 0 Å². The summed E-state index contributed by atoms with van der Waals surface area (Å²) in [5.74, 6) is 0. The average molecular weight is 211 g/mol. The lowest BCUT2D eigenvalue weighted by molar-refractivity contribution is 0.976. The molecule has 0 aliphatic heterocycles. The Kier molecular flexibility index (Phi) is 3.04. The minimum Gasteiger partial charge on any atom is -0.253 e. The Labute approximate surface area is 96.8 Å². The van der Waals surface area contributed by atoms with Crippen molar-refractivity contribution in [1.29, 1.82) is 0 Å². The molecule has 1 heterocycles. The zero-order valence-electron chi connectivity index (χ0n) is 9.96. The Bertz CT molecular complexity index is 526. The highest BCUT2D eigenvalue weighted by atomic mass is 14.7. The van der Waals surface area contributed by atoms with Crippen LogP contribution in [0.5, 0.6) is 0 Å². The molecule has 82 valence electrons. The van der Waals surface area contributed by atoms with Gasteiger partial charge in [0.2, 0.25) is 0 Å². The standard InChI is InChI=1S/C15H17N/c1-4-6-11(2)13-7-5-8-15-14(13)10-9-12(3)16-15/h5,7-10H,2,4,6H2,1,3H3. The third-order valence-electron chi connectivity index (χ3n) is 2.80. The molecule has 16 heavy (non-hydrogen) atoms. The molecule has 1 nitrogen and oxygen atoms in total. The normalized spacial score (nSPS) is 10.6. The topological polar surface area (TPSA) is 12.9 Å². The molecular weight excluding hydrogens is 194 g/mol. The minimum atomic E-state index is 1.05. The van der Waals surface area contributed by atoms with Crippen molar-refractivity contribution in [3.63, 3.8) is 0 Å². The third-order valence-corrected chi connectivity index (χ3v) is 2.80. The Morgan fingerprint density at radius 1 is 1.25 bits per heavy atom. The molecule has 0 fully saturated rings. The van der Waals surface area contributed by atoms with Gasteiger partial charge in [-0.3, -0.25) is 4.98 Å². The number of benzene rings is 1. The van der Waals surface area contributed by atoms with Crippen molar-refractivity contribution in [3.05, 3.63) is 48.2 Å². The molecule has 0 amide bonds. The summed E-state index contributed by atoms with van der Waals surface area (Å²) in [6, 6.07) is 10.5. The maximum Gasteiger partial charge on any atom is 0.0711 e. The fraction of sp³-hybridized carbons (Fsp3) is 0.267. The van der Waals surface area contributed by atoms with E-state index >= 15 is 0 Å². The molecule has 0 aliphatic carbocycles. The number of nitrogens with zero attached hydrogens (tertiary/aromatic N) is 1. The first-order chi connectivity index (χ1) is 7.72. The highest BCUT2D eigenvalue weighted by molar-refractivity contribution is 5.91. The molecule has 0 bridgehead atoms. The molecule has 0 saturated carbocycles. The van der Waals surface area contributed by atoms with Crippen LogP contribution in [0.2, 0.25) is 0 Å². The van der Waals surface area contributed by atoms with Gasteiger partial charge < -0.3 is 0 Å². The van der Waals surface area contributed by atoms with Crippen LogP contribution < -0.4 is 0 Å². The second-order valence-electron chi connectivity index (χ2n) is 4.18. The highest BCUT2D eigenvalue weighted by Gasteiger charge is 2.04. The molecule has 0 aliphatic rings. The Morgan fingerprint density at radius 2 is 2.06 bits per heavy atom. The second kappa shape index (κ2) is 4.48. The largest absolute Gasteiger partial charge is 0.253 e. The fourth-order valence-electron chi connectivity index (χ4n) is 2.00. The van der Waals surface area contributed by atoms with Crippen molar-refractivity contribution < 1.29 is 0 Å². The highest BCUT2D eigenvalue weighted by Crippen LogP contribution is 2.25. The van der Waals surface area contributed by atoms with Crippen LogP contribution in [0.1, 0.15) is 31.0 Å². The molecule has 0 saturated heterocycles. The van der Waals surface area contributed by atoms with Crippen molar-refractivity contribution in [1.82, 2.24) is 4.98 Å². The summed E-state index contributed by atoms with van der Waals surface area (Å²) in [5, 5.41) is 1.21. The van der Waals surface area contributed by atoms with Crippen LogP contribution >= 0.6 is 0 Å². The average Bonchev–Trinajstić information content (AvgIpc) is 2.28. The fourth-order valence-corrected chi connectivity index (χ4v) is 2.00. The predicted molar refractivity (Wildman–Crippen MR) is 70.4 cm³/mol. The summed E-state index contributed by atoms with van der Waals surface area (Å²) in [5.41, 5.74) is 4.58. The monoisotopic (exact) mass is 211 g/mol. The number of rotatable bonds is 3. The first kappa shape index (κ1) is 10.9. The van der Waals surface area contributed by atoms with E-state index in [9.17, 15) is 0 Å². The summed E-state index contributed by atoms with van der Waals surface area (Å²) in [7, 11) is 0. The van der Waals surface area contributed by atoms with E-state index in [1.54, 1.807) is 0 Å². The molecule has 0 N–H and O–H groups in total. The zero-order chi connectivity index (χ0) is 11.5. The predicted octanol–water partition coefficient (Wildman–Crippen LogP) is 4.36. The summed E-state index contributed by atoms with van der Waals surface area (Å²) < 4.78 is 0. The lowest BCUT2D eigenvalue weighted by Gasteiger charge is -2.08. The van der Waals surface area contributed by atoms with Crippen LogP contribution in [0.4, 0.5) is 0 Å². The summed E-state index contributed by atoms with van der Waals surface area (Å²) in [4.78, 5) is 4.54. The van der Waals surface area contributed by atoms with Crippen LogP contribution in [0, 0.1) is 6.92 Å². The van der Waals surface area contributed by atoms with E-state index in [0.29, 0.717) is 0 Å². The van der Waals surface area contributed by atoms with Gasteiger partial charge >= 0.3 is 0 Å². The number of aryl methyl sites for hydroxylation is 1. The maximum absolute atomic E-state index is 4.54. The molecule has 0 radical (unpaired) electrons. The summed E-state index contributed by atoms with van der Waals surface area (Å²) >= 11 is 0. The molecule has 1 aromatic carbocycles. The van der Waals surface area contributed by atoms with E-state index in [0.717, 1.165) is 24.1 Å². The molecule has 2 aromatic rings. The van der Waals surface area contributed by atoms with E-state index in [1.165, 1.54) is 16.5 Å². The van der Waals surface area contributed by atoms with Crippen LogP contribution in [0.25, 0.3) is 16.5 Å². The second-order valence-corrected chi connectivity index (χ2v) is 4.18. The van der Waals surface area contributed by atoms with Gasteiger partial charge in [-0.05, 0) is 36.6 Å². The van der Waals surface area contributed by atoms with Gasteiger partial charge in [0.15, 0.2) is 0 Å². The molecule has 1 heteroatoms. The summed E-state index contributed by atoms with van der Waals surface area (Å²) in [6.07, 6.45) is 2.18. The third kappa shape index (κ3) is 1.99. The van der Waals surface area contributed by atoms with Crippen LogP contribution in [0.15, 0.2) is 36.9 Å². The zero-order valence-corrected chi connectivity index (χ0v) is 9.96. The molecule has 1 aromatic heterocycles. The van der Waals surface area contributed by atoms with Gasteiger partial charge in [0.05, 0.1) is 5.52 Å². The summed E-state index contributed by atoms with van der Waals surface area (Å²) in [6.45, 7) is 8.36. The molecule has 0 unspecified atom stereocenters. The number of allylic oxidation sites excluding steroid dienone is 1. The van der Waals surface area contributed by atoms with E-state index in [1.807, 2.05) is 6.92 Å². The van der Waals surface area contributed by atoms with E-state index in [2.05, 4.69) is 48.8 Å². The molecule has 0 atom stereocenters. The van der Waals surface area contributed by atoms with Crippen LogP contribution in [-0.4, -0.2) is 4.98 Å². The van der Waals surface area contributed by atoms with Crippen molar-refractivity contribution in [2.24, 2.45) is 0 Å².